The van der Waals surface area contributed by atoms with Crippen LogP contribution in [0.5, 0.6) is 0 Å². The first-order chi connectivity index (χ1) is 7.03. The first-order valence-corrected chi connectivity index (χ1v) is 6.34. The third kappa shape index (κ3) is 4.98. The Labute approximate surface area is 94.8 Å². The molecule has 1 aliphatic heterocycles. The Bertz CT molecular complexity index is 172. The highest BCUT2D eigenvalue weighted by Crippen LogP contribution is 2.27. The molecule has 1 heterocycles. The molecule has 0 radical (unpaired) electrons. The van der Waals surface area contributed by atoms with E-state index in [0.717, 1.165) is 25.7 Å². The summed E-state index contributed by atoms with van der Waals surface area (Å²) in [5.74, 6) is 0.720. The molecule has 1 saturated heterocycles. The lowest BCUT2D eigenvalue weighted by Crippen LogP contribution is -2.42. The Morgan fingerprint density at radius 2 is 2.07 bits per heavy atom. The van der Waals surface area contributed by atoms with Crippen LogP contribution in [-0.4, -0.2) is 25.8 Å². The van der Waals surface area contributed by atoms with Crippen molar-refractivity contribution in [3.63, 3.8) is 0 Å². The lowest BCUT2D eigenvalue weighted by Gasteiger charge is -2.33. The van der Waals surface area contributed by atoms with E-state index in [1.807, 2.05) is 0 Å². The molecule has 1 N–H and O–H groups in total. The Balaban J connectivity index is 2.35. The van der Waals surface area contributed by atoms with E-state index < -0.39 is 0 Å². The Morgan fingerprint density at radius 1 is 1.33 bits per heavy atom. The van der Waals surface area contributed by atoms with E-state index in [-0.39, 0.29) is 0 Å². The largest absolute Gasteiger partial charge is 0.381 e. The quantitative estimate of drug-likeness (QED) is 0.775. The van der Waals surface area contributed by atoms with Gasteiger partial charge in [0.05, 0.1) is 6.61 Å². The molecule has 0 saturated carbocycles. The number of hydrogen-bond donors (Lipinski definition) is 1. The van der Waals surface area contributed by atoms with E-state index in [2.05, 4.69) is 33.0 Å². The number of nitrogens with one attached hydrogen (secondary N) is 1. The van der Waals surface area contributed by atoms with Crippen LogP contribution in [0.25, 0.3) is 0 Å². The average molecular weight is 213 g/mol. The molecule has 15 heavy (non-hydrogen) atoms. The molecule has 1 aliphatic rings. The minimum atomic E-state index is 0.453. The normalized spacial score (nSPS) is 28.0. The minimum absolute atomic E-state index is 0.453. The highest BCUT2D eigenvalue weighted by Gasteiger charge is 2.26. The van der Waals surface area contributed by atoms with Gasteiger partial charge in [-0.3, -0.25) is 0 Å². The maximum Gasteiger partial charge on any atom is 0.0509 e. The van der Waals surface area contributed by atoms with Gasteiger partial charge in [-0.2, -0.15) is 0 Å². The van der Waals surface area contributed by atoms with Crippen molar-refractivity contribution >= 4 is 0 Å². The lowest BCUT2D eigenvalue weighted by molar-refractivity contribution is 0.0251. The molecule has 0 aromatic carbocycles. The highest BCUT2D eigenvalue weighted by molar-refractivity contribution is 4.80. The van der Waals surface area contributed by atoms with E-state index >= 15 is 0 Å². The van der Waals surface area contributed by atoms with Gasteiger partial charge >= 0.3 is 0 Å². The third-order valence-corrected chi connectivity index (χ3v) is 3.21. The maximum atomic E-state index is 5.58. The predicted molar refractivity (Wildman–Crippen MR) is 65.1 cm³/mol. The molecule has 0 aliphatic carbocycles. The highest BCUT2D eigenvalue weighted by atomic mass is 16.5. The van der Waals surface area contributed by atoms with Crippen molar-refractivity contribution in [3.8, 4) is 0 Å². The molecule has 0 aromatic heterocycles. The smallest absolute Gasteiger partial charge is 0.0509 e. The van der Waals surface area contributed by atoms with Gasteiger partial charge in [0.2, 0.25) is 0 Å². The van der Waals surface area contributed by atoms with Crippen LogP contribution in [0.15, 0.2) is 0 Å². The average Bonchev–Trinajstić information content (AvgIpc) is 2.16. The van der Waals surface area contributed by atoms with Crippen LogP contribution in [0, 0.1) is 11.3 Å². The first kappa shape index (κ1) is 13.0. The maximum absolute atomic E-state index is 5.58. The summed E-state index contributed by atoms with van der Waals surface area (Å²) in [5, 5.41) is 3.59. The molecule has 2 heteroatoms. The second kappa shape index (κ2) is 5.86. The van der Waals surface area contributed by atoms with Gasteiger partial charge in [-0.25, -0.2) is 0 Å². The fourth-order valence-electron chi connectivity index (χ4n) is 2.23. The van der Waals surface area contributed by atoms with Gasteiger partial charge in [0.1, 0.15) is 0 Å². The van der Waals surface area contributed by atoms with Crippen LogP contribution in [0.1, 0.15) is 47.0 Å². The zero-order chi connectivity index (χ0) is 11.3. The molecule has 0 aromatic rings. The summed E-state index contributed by atoms with van der Waals surface area (Å²) < 4.78 is 5.58. The molecule has 0 spiro atoms. The van der Waals surface area contributed by atoms with Gasteiger partial charge in [-0.1, -0.05) is 27.7 Å². The molecule has 1 rings (SSSR count). The molecule has 0 amide bonds. The predicted octanol–water partition coefficient (Wildman–Crippen LogP) is 2.83. The van der Waals surface area contributed by atoms with Gasteiger partial charge in [-0.15, -0.1) is 0 Å². The second-order valence-electron chi connectivity index (χ2n) is 5.89. The topological polar surface area (TPSA) is 21.3 Å². The van der Waals surface area contributed by atoms with E-state index in [9.17, 15) is 0 Å². The van der Waals surface area contributed by atoms with E-state index in [1.165, 1.54) is 19.3 Å². The van der Waals surface area contributed by atoms with E-state index in [4.69, 9.17) is 4.74 Å². The van der Waals surface area contributed by atoms with Crippen molar-refractivity contribution in [1.82, 2.24) is 5.32 Å². The third-order valence-electron chi connectivity index (χ3n) is 3.21. The van der Waals surface area contributed by atoms with Crippen LogP contribution in [0.3, 0.4) is 0 Å². The molecule has 1 fully saturated rings. The zero-order valence-corrected chi connectivity index (χ0v) is 10.8. The molecular weight excluding hydrogens is 186 g/mol. The number of ether oxygens (including phenoxy) is 1. The molecule has 0 bridgehead atoms. The summed E-state index contributed by atoms with van der Waals surface area (Å²) in [4.78, 5) is 0. The van der Waals surface area contributed by atoms with Crippen LogP contribution in [0.4, 0.5) is 0 Å². The van der Waals surface area contributed by atoms with Crippen LogP contribution >= 0.6 is 0 Å². The standard InChI is InChI=1S/C13H27NO/c1-5-14-12-7-9-15-10-11(12)6-8-13(2,3)4/h11-12,14H,5-10H2,1-4H3. The molecule has 90 valence electrons. The molecule has 2 atom stereocenters. The summed E-state index contributed by atoms with van der Waals surface area (Å²) in [6, 6.07) is 0.686. The van der Waals surface area contributed by atoms with Crippen molar-refractivity contribution in [2.45, 2.75) is 53.0 Å². The summed E-state index contributed by atoms with van der Waals surface area (Å²) in [6.07, 6.45) is 3.77. The first-order valence-electron chi connectivity index (χ1n) is 6.34. The fraction of sp³-hybridized carbons (Fsp3) is 1.00. The zero-order valence-electron chi connectivity index (χ0n) is 10.8. The van der Waals surface area contributed by atoms with Crippen molar-refractivity contribution in [1.29, 1.82) is 0 Å². The van der Waals surface area contributed by atoms with Gasteiger partial charge in [0, 0.05) is 12.6 Å². The molecule has 2 unspecified atom stereocenters. The van der Waals surface area contributed by atoms with Gasteiger partial charge < -0.3 is 10.1 Å². The minimum Gasteiger partial charge on any atom is -0.381 e. The Kier molecular flexibility index (Phi) is 5.07. The number of rotatable bonds is 4. The lowest BCUT2D eigenvalue weighted by atomic mass is 9.83. The van der Waals surface area contributed by atoms with Crippen LogP contribution < -0.4 is 5.32 Å². The van der Waals surface area contributed by atoms with Crippen LogP contribution in [-0.2, 0) is 4.74 Å². The van der Waals surface area contributed by atoms with Crippen molar-refractivity contribution in [2.24, 2.45) is 11.3 Å². The van der Waals surface area contributed by atoms with Crippen molar-refractivity contribution in [3.05, 3.63) is 0 Å². The summed E-state index contributed by atoms with van der Waals surface area (Å²) in [6.45, 7) is 12.1. The Morgan fingerprint density at radius 3 is 2.67 bits per heavy atom. The van der Waals surface area contributed by atoms with Crippen molar-refractivity contribution in [2.75, 3.05) is 19.8 Å². The summed E-state index contributed by atoms with van der Waals surface area (Å²) in [5.41, 5.74) is 0.453. The molecule has 2 nitrogen and oxygen atoms in total. The van der Waals surface area contributed by atoms with Gasteiger partial charge in [-0.05, 0) is 37.1 Å². The Hall–Kier alpha value is -0.0800. The van der Waals surface area contributed by atoms with Gasteiger partial charge in [0.15, 0.2) is 0 Å². The fourth-order valence-corrected chi connectivity index (χ4v) is 2.23. The SMILES string of the molecule is CCNC1CCOCC1CCC(C)(C)C. The van der Waals surface area contributed by atoms with Gasteiger partial charge in [0.25, 0.3) is 0 Å². The second-order valence-corrected chi connectivity index (χ2v) is 5.89. The van der Waals surface area contributed by atoms with Crippen LogP contribution in [0.2, 0.25) is 0 Å². The number of hydrogen-bond acceptors (Lipinski definition) is 2. The molecular formula is C13H27NO. The summed E-state index contributed by atoms with van der Waals surface area (Å²) in [7, 11) is 0. The summed E-state index contributed by atoms with van der Waals surface area (Å²) >= 11 is 0. The van der Waals surface area contributed by atoms with E-state index in [1.54, 1.807) is 0 Å². The monoisotopic (exact) mass is 213 g/mol. The van der Waals surface area contributed by atoms with Crippen molar-refractivity contribution < 1.29 is 4.74 Å². The van der Waals surface area contributed by atoms with E-state index in [0.29, 0.717) is 11.5 Å².